The Morgan fingerprint density at radius 1 is 1.05 bits per heavy atom. The number of amides is 1. The Labute approximate surface area is 128 Å². The first-order valence-electron chi connectivity index (χ1n) is 6.49. The summed E-state index contributed by atoms with van der Waals surface area (Å²) in [6.45, 7) is 0. The van der Waals surface area contributed by atoms with Gasteiger partial charge in [-0.3, -0.25) is 4.79 Å². The SMILES string of the molecule is NC(N)=NC(=O)[C@H](Cc1ccccc1)c1ccc(Cl)cc1. The smallest absolute Gasteiger partial charge is 0.256 e. The standard InChI is InChI=1S/C16H16ClN3O/c17-13-8-6-12(7-9-13)14(15(21)20-16(18)19)10-11-4-2-1-3-5-11/h1-9,14H,10H2,(H4,18,19,20,21)/t14-/m1/s1. The summed E-state index contributed by atoms with van der Waals surface area (Å²) in [5, 5.41) is 0.617. The predicted molar refractivity (Wildman–Crippen MR) is 85.2 cm³/mol. The zero-order valence-electron chi connectivity index (χ0n) is 11.4. The molecule has 4 nitrogen and oxygen atoms in total. The zero-order chi connectivity index (χ0) is 15.2. The fourth-order valence-electron chi connectivity index (χ4n) is 2.10. The molecule has 0 aromatic heterocycles. The van der Waals surface area contributed by atoms with Crippen molar-refractivity contribution in [2.45, 2.75) is 12.3 Å². The molecule has 2 rings (SSSR count). The van der Waals surface area contributed by atoms with Gasteiger partial charge in [-0.25, -0.2) is 0 Å². The molecule has 0 aliphatic carbocycles. The summed E-state index contributed by atoms with van der Waals surface area (Å²) in [7, 11) is 0. The van der Waals surface area contributed by atoms with Gasteiger partial charge in [-0.05, 0) is 29.7 Å². The molecule has 2 aromatic rings. The van der Waals surface area contributed by atoms with Crippen LogP contribution in [0.3, 0.4) is 0 Å². The summed E-state index contributed by atoms with van der Waals surface area (Å²) in [4.78, 5) is 15.9. The van der Waals surface area contributed by atoms with Crippen LogP contribution in [-0.4, -0.2) is 11.9 Å². The molecule has 0 fully saturated rings. The molecule has 0 aliphatic rings. The van der Waals surface area contributed by atoms with Crippen molar-refractivity contribution in [3.8, 4) is 0 Å². The van der Waals surface area contributed by atoms with Crippen LogP contribution in [0.1, 0.15) is 17.0 Å². The zero-order valence-corrected chi connectivity index (χ0v) is 12.1. The maximum atomic E-state index is 12.3. The van der Waals surface area contributed by atoms with Gasteiger partial charge >= 0.3 is 0 Å². The van der Waals surface area contributed by atoms with Crippen LogP contribution in [0.15, 0.2) is 59.6 Å². The van der Waals surface area contributed by atoms with Crippen molar-refractivity contribution < 1.29 is 4.79 Å². The van der Waals surface area contributed by atoms with E-state index in [9.17, 15) is 4.79 Å². The number of benzene rings is 2. The van der Waals surface area contributed by atoms with E-state index in [4.69, 9.17) is 23.1 Å². The maximum Gasteiger partial charge on any atom is 0.256 e. The van der Waals surface area contributed by atoms with E-state index < -0.39 is 5.92 Å². The minimum absolute atomic E-state index is 0.230. The van der Waals surface area contributed by atoms with Crippen molar-refractivity contribution in [2.75, 3.05) is 0 Å². The normalized spacial score (nSPS) is 11.7. The molecule has 0 unspecified atom stereocenters. The van der Waals surface area contributed by atoms with Crippen molar-refractivity contribution in [3.63, 3.8) is 0 Å². The van der Waals surface area contributed by atoms with E-state index in [1.54, 1.807) is 12.1 Å². The summed E-state index contributed by atoms with van der Waals surface area (Å²) in [6.07, 6.45) is 0.526. The molecule has 1 atom stereocenters. The topological polar surface area (TPSA) is 81.5 Å². The van der Waals surface area contributed by atoms with E-state index in [-0.39, 0.29) is 11.9 Å². The van der Waals surface area contributed by atoms with E-state index in [2.05, 4.69) is 4.99 Å². The molecular weight excluding hydrogens is 286 g/mol. The minimum atomic E-state index is -0.438. The van der Waals surface area contributed by atoms with Crippen LogP contribution in [0.25, 0.3) is 0 Å². The number of nitrogens with zero attached hydrogens (tertiary/aromatic N) is 1. The molecule has 0 spiro atoms. The number of hydrogen-bond donors (Lipinski definition) is 2. The van der Waals surface area contributed by atoms with Crippen LogP contribution in [0.2, 0.25) is 5.02 Å². The molecule has 108 valence electrons. The number of halogens is 1. The largest absolute Gasteiger partial charge is 0.370 e. The number of nitrogens with two attached hydrogens (primary N) is 2. The van der Waals surface area contributed by atoms with Crippen molar-refractivity contribution in [3.05, 3.63) is 70.7 Å². The average molecular weight is 302 g/mol. The maximum absolute atomic E-state index is 12.3. The first-order valence-corrected chi connectivity index (χ1v) is 6.87. The van der Waals surface area contributed by atoms with Gasteiger partial charge in [-0.1, -0.05) is 54.1 Å². The monoisotopic (exact) mass is 301 g/mol. The first-order chi connectivity index (χ1) is 10.1. The Kier molecular flexibility index (Phi) is 4.95. The van der Waals surface area contributed by atoms with Crippen LogP contribution in [0.5, 0.6) is 0 Å². The van der Waals surface area contributed by atoms with Gasteiger partial charge in [-0.15, -0.1) is 0 Å². The third-order valence-electron chi connectivity index (χ3n) is 3.09. The summed E-state index contributed by atoms with van der Waals surface area (Å²) < 4.78 is 0. The van der Waals surface area contributed by atoms with Crippen molar-refractivity contribution in [2.24, 2.45) is 16.5 Å². The molecule has 21 heavy (non-hydrogen) atoms. The fourth-order valence-corrected chi connectivity index (χ4v) is 2.22. The second-order valence-corrected chi connectivity index (χ2v) is 5.11. The van der Waals surface area contributed by atoms with Crippen LogP contribution in [-0.2, 0) is 11.2 Å². The van der Waals surface area contributed by atoms with E-state index in [0.29, 0.717) is 11.4 Å². The molecule has 0 radical (unpaired) electrons. The number of guanidine groups is 1. The van der Waals surface area contributed by atoms with Crippen LogP contribution >= 0.6 is 11.6 Å². The van der Waals surface area contributed by atoms with E-state index >= 15 is 0 Å². The fraction of sp³-hybridized carbons (Fsp3) is 0.125. The Morgan fingerprint density at radius 3 is 2.24 bits per heavy atom. The summed E-state index contributed by atoms with van der Waals surface area (Å²) in [5.41, 5.74) is 12.5. The quantitative estimate of drug-likeness (QED) is 0.672. The lowest BCUT2D eigenvalue weighted by molar-refractivity contribution is -0.119. The number of hydrogen-bond acceptors (Lipinski definition) is 1. The molecule has 4 N–H and O–H groups in total. The lowest BCUT2D eigenvalue weighted by atomic mass is 9.91. The van der Waals surface area contributed by atoms with Gasteiger partial charge in [0.1, 0.15) is 0 Å². The van der Waals surface area contributed by atoms with Gasteiger partial charge in [0.05, 0.1) is 5.92 Å². The third-order valence-corrected chi connectivity index (χ3v) is 3.34. The van der Waals surface area contributed by atoms with Gasteiger partial charge in [0.25, 0.3) is 5.91 Å². The molecule has 5 heteroatoms. The molecular formula is C16H16ClN3O. The summed E-state index contributed by atoms with van der Waals surface area (Å²) in [6, 6.07) is 16.8. The first kappa shape index (κ1) is 15.1. The predicted octanol–water partition coefficient (Wildman–Crippen LogP) is 2.47. The molecule has 0 saturated carbocycles. The average Bonchev–Trinajstić information content (AvgIpc) is 2.46. The second kappa shape index (κ2) is 6.90. The lowest BCUT2D eigenvalue weighted by Crippen LogP contribution is -2.26. The van der Waals surface area contributed by atoms with Crippen molar-refractivity contribution in [1.82, 2.24) is 0 Å². The van der Waals surface area contributed by atoms with Crippen LogP contribution in [0.4, 0.5) is 0 Å². The summed E-state index contributed by atoms with van der Waals surface area (Å²) in [5.74, 6) is -1.03. The highest BCUT2D eigenvalue weighted by Gasteiger charge is 2.21. The Bertz CT molecular complexity index is 634. The molecule has 0 saturated heterocycles. The lowest BCUT2D eigenvalue weighted by Gasteiger charge is -2.14. The molecule has 0 bridgehead atoms. The van der Waals surface area contributed by atoms with Crippen molar-refractivity contribution in [1.29, 1.82) is 0 Å². The van der Waals surface area contributed by atoms with E-state index in [0.717, 1.165) is 11.1 Å². The van der Waals surface area contributed by atoms with Gasteiger partial charge in [0.2, 0.25) is 0 Å². The third kappa shape index (κ3) is 4.33. The molecule has 0 heterocycles. The van der Waals surface area contributed by atoms with E-state index in [1.165, 1.54) is 0 Å². The van der Waals surface area contributed by atoms with Gasteiger partial charge < -0.3 is 11.5 Å². The second-order valence-electron chi connectivity index (χ2n) is 4.67. The minimum Gasteiger partial charge on any atom is -0.370 e. The van der Waals surface area contributed by atoms with Crippen LogP contribution < -0.4 is 11.5 Å². The number of carbonyl (C=O) groups excluding carboxylic acids is 1. The van der Waals surface area contributed by atoms with Gasteiger partial charge in [-0.2, -0.15) is 4.99 Å². The van der Waals surface area contributed by atoms with E-state index in [1.807, 2.05) is 42.5 Å². The number of carbonyl (C=O) groups is 1. The summed E-state index contributed by atoms with van der Waals surface area (Å²) >= 11 is 5.89. The highest BCUT2D eigenvalue weighted by molar-refractivity contribution is 6.30. The van der Waals surface area contributed by atoms with Crippen LogP contribution in [0, 0.1) is 0 Å². The number of rotatable bonds is 4. The molecule has 0 aliphatic heterocycles. The Balaban J connectivity index is 2.32. The highest BCUT2D eigenvalue weighted by Crippen LogP contribution is 2.24. The highest BCUT2D eigenvalue weighted by atomic mass is 35.5. The van der Waals surface area contributed by atoms with Gasteiger partial charge in [0, 0.05) is 5.02 Å². The Morgan fingerprint density at radius 2 is 1.67 bits per heavy atom. The molecule has 1 amide bonds. The van der Waals surface area contributed by atoms with Gasteiger partial charge in [0.15, 0.2) is 5.96 Å². The number of aliphatic imine (C=N–C) groups is 1. The Hall–Kier alpha value is -2.33. The molecule has 2 aromatic carbocycles. The van der Waals surface area contributed by atoms with Crippen molar-refractivity contribution >= 4 is 23.5 Å².